The SMILES string of the molecule is CC(C)NC(=O)[C@@H](C)OC(=O)c1cc(-c2ccccn2)nc2ccccc12. The average molecular weight is 363 g/mol. The van der Waals surface area contributed by atoms with Crippen LogP contribution in [0.1, 0.15) is 31.1 Å². The minimum atomic E-state index is -0.898. The number of esters is 1. The van der Waals surface area contributed by atoms with Gasteiger partial charge in [0.15, 0.2) is 6.10 Å². The van der Waals surface area contributed by atoms with Gasteiger partial charge in [0.1, 0.15) is 0 Å². The number of fused-ring (bicyclic) bond motifs is 1. The fraction of sp³-hybridized carbons (Fsp3) is 0.238. The van der Waals surface area contributed by atoms with E-state index < -0.39 is 12.1 Å². The van der Waals surface area contributed by atoms with Crippen molar-refractivity contribution in [1.82, 2.24) is 15.3 Å². The van der Waals surface area contributed by atoms with Crippen LogP contribution >= 0.6 is 0 Å². The van der Waals surface area contributed by atoms with Gasteiger partial charge in [-0.1, -0.05) is 24.3 Å². The summed E-state index contributed by atoms with van der Waals surface area (Å²) < 4.78 is 5.40. The minimum absolute atomic E-state index is 0.0313. The van der Waals surface area contributed by atoms with Crippen LogP contribution in [0.5, 0.6) is 0 Å². The van der Waals surface area contributed by atoms with Crippen molar-refractivity contribution in [3.63, 3.8) is 0 Å². The fourth-order valence-corrected chi connectivity index (χ4v) is 2.67. The van der Waals surface area contributed by atoms with Crippen LogP contribution in [0.15, 0.2) is 54.7 Å². The second-order valence-electron chi connectivity index (χ2n) is 6.50. The van der Waals surface area contributed by atoms with Crippen molar-refractivity contribution >= 4 is 22.8 Å². The highest BCUT2D eigenvalue weighted by molar-refractivity contribution is 6.05. The Balaban J connectivity index is 1.97. The third-order valence-electron chi connectivity index (χ3n) is 3.95. The van der Waals surface area contributed by atoms with Gasteiger partial charge in [-0.15, -0.1) is 0 Å². The van der Waals surface area contributed by atoms with Gasteiger partial charge in [0.2, 0.25) is 0 Å². The topological polar surface area (TPSA) is 81.2 Å². The van der Waals surface area contributed by atoms with Gasteiger partial charge >= 0.3 is 5.97 Å². The number of nitrogens with one attached hydrogen (secondary N) is 1. The lowest BCUT2D eigenvalue weighted by molar-refractivity contribution is -0.129. The molecule has 0 bridgehead atoms. The van der Waals surface area contributed by atoms with E-state index in [-0.39, 0.29) is 11.9 Å². The molecule has 1 atom stereocenters. The van der Waals surface area contributed by atoms with Gasteiger partial charge in [-0.2, -0.15) is 0 Å². The van der Waals surface area contributed by atoms with Crippen LogP contribution in [-0.4, -0.2) is 34.0 Å². The zero-order chi connectivity index (χ0) is 19.4. The summed E-state index contributed by atoms with van der Waals surface area (Å²) in [6, 6.07) is 14.4. The van der Waals surface area contributed by atoms with Crippen LogP contribution in [0.2, 0.25) is 0 Å². The first kappa shape index (κ1) is 18.5. The second kappa shape index (κ2) is 7.95. The van der Waals surface area contributed by atoms with Crippen molar-refractivity contribution in [2.75, 3.05) is 0 Å². The number of aromatic nitrogens is 2. The number of benzene rings is 1. The molecule has 0 aliphatic heterocycles. The van der Waals surface area contributed by atoms with Gasteiger partial charge in [0, 0.05) is 17.6 Å². The number of pyridine rings is 2. The van der Waals surface area contributed by atoms with E-state index in [0.717, 1.165) is 0 Å². The molecule has 6 heteroatoms. The molecule has 0 radical (unpaired) electrons. The maximum Gasteiger partial charge on any atom is 0.339 e. The number of amides is 1. The average Bonchev–Trinajstić information content (AvgIpc) is 2.67. The number of hydrogen-bond donors (Lipinski definition) is 1. The van der Waals surface area contributed by atoms with E-state index in [1.807, 2.05) is 50.2 Å². The molecule has 1 amide bonds. The summed E-state index contributed by atoms with van der Waals surface area (Å²) in [5.74, 6) is -0.904. The Bertz CT molecular complexity index is 971. The molecule has 27 heavy (non-hydrogen) atoms. The third kappa shape index (κ3) is 4.28. The number of carbonyl (C=O) groups is 2. The number of nitrogens with zero attached hydrogens (tertiary/aromatic N) is 2. The molecule has 1 aromatic carbocycles. The Hall–Kier alpha value is -3.28. The molecular formula is C21H21N3O3. The molecule has 0 unspecified atom stereocenters. The van der Waals surface area contributed by atoms with Gasteiger partial charge in [0.25, 0.3) is 5.91 Å². The van der Waals surface area contributed by atoms with Crippen LogP contribution < -0.4 is 5.32 Å². The summed E-state index contributed by atoms with van der Waals surface area (Å²) >= 11 is 0. The summed E-state index contributed by atoms with van der Waals surface area (Å²) in [5.41, 5.74) is 2.24. The summed E-state index contributed by atoms with van der Waals surface area (Å²) in [5, 5.41) is 3.40. The maximum absolute atomic E-state index is 12.8. The maximum atomic E-state index is 12.8. The van der Waals surface area contributed by atoms with Gasteiger partial charge in [-0.3, -0.25) is 9.78 Å². The van der Waals surface area contributed by atoms with Crippen molar-refractivity contribution in [3.8, 4) is 11.4 Å². The normalized spacial score (nSPS) is 12.0. The molecule has 6 nitrogen and oxygen atoms in total. The van der Waals surface area contributed by atoms with Crippen molar-refractivity contribution in [3.05, 3.63) is 60.3 Å². The molecule has 0 spiro atoms. The highest BCUT2D eigenvalue weighted by atomic mass is 16.5. The number of ether oxygens (including phenoxy) is 1. The molecule has 3 aromatic rings. The molecule has 2 aromatic heterocycles. The molecular weight excluding hydrogens is 342 g/mol. The van der Waals surface area contributed by atoms with Crippen molar-refractivity contribution in [2.45, 2.75) is 32.9 Å². The summed E-state index contributed by atoms with van der Waals surface area (Å²) in [6.07, 6.45) is 0.771. The lowest BCUT2D eigenvalue weighted by atomic mass is 10.1. The Labute approximate surface area is 157 Å². The van der Waals surface area contributed by atoms with E-state index in [9.17, 15) is 9.59 Å². The van der Waals surface area contributed by atoms with E-state index >= 15 is 0 Å². The molecule has 1 N–H and O–H groups in total. The Morgan fingerprint density at radius 2 is 1.74 bits per heavy atom. The van der Waals surface area contributed by atoms with Crippen LogP contribution in [-0.2, 0) is 9.53 Å². The Kier molecular flexibility index (Phi) is 5.45. The smallest absolute Gasteiger partial charge is 0.339 e. The molecule has 3 rings (SSSR count). The number of hydrogen-bond acceptors (Lipinski definition) is 5. The molecule has 0 saturated carbocycles. The monoisotopic (exact) mass is 363 g/mol. The third-order valence-corrected chi connectivity index (χ3v) is 3.95. The van der Waals surface area contributed by atoms with Gasteiger partial charge < -0.3 is 10.1 Å². The highest BCUT2D eigenvalue weighted by Crippen LogP contribution is 2.24. The quantitative estimate of drug-likeness (QED) is 0.703. The molecule has 138 valence electrons. The molecule has 0 aliphatic rings. The van der Waals surface area contributed by atoms with Gasteiger partial charge in [0.05, 0.1) is 22.5 Å². The van der Waals surface area contributed by atoms with E-state index in [4.69, 9.17) is 4.74 Å². The standard InChI is InChI=1S/C21H21N3O3/c1-13(2)23-20(25)14(3)27-21(26)16-12-19(18-10-6-7-11-22-18)24-17-9-5-4-8-15(16)17/h4-14H,1-3H3,(H,23,25)/t14-/m1/s1. The van der Waals surface area contributed by atoms with E-state index in [0.29, 0.717) is 27.9 Å². The molecule has 0 aliphatic carbocycles. The molecule has 0 fully saturated rings. The van der Waals surface area contributed by atoms with Crippen molar-refractivity contribution in [1.29, 1.82) is 0 Å². The predicted molar refractivity (Wildman–Crippen MR) is 103 cm³/mol. The summed E-state index contributed by atoms with van der Waals surface area (Å²) in [4.78, 5) is 33.7. The van der Waals surface area contributed by atoms with Crippen molar-refractivity contribution < 1.29 is 14.3 Å². The van der Waals surface area contributed by atoms with E-state index in [1.54, 1.807) is 25.3 Å². The fourth-order valence-electron chi connectivity index (χ4n) is 2.67. The predicted octanol–water partition coefficient (Wildman–Crippen LogP) is 3.37. The van der Waals surface area contributed by atoms with E-state index in [1.165, 1.54) is 0 Å². The first-order chi connectivity index (χ1) is 13.0. The number of para-hydroxylation sites is 1. The van der Waals surface area contributed by atoms with Crippen LogP contribution in [0.25, 0.3) is 22.3 Å². The van der Waals surface area contributed by atoms with E-state index in [2.05, 4.69) is 15.3 Å². The molecule has 0 saturated heterocycles. The second-order valence-corrected chi connectivity index (χ2v) is 6.50. The Morgan fingerprint density at radius 3 is 2.44 bits per heavy atom. The highest BCUT2D eigenvalue weighted by Gasteiger charge is 2.22. The largest absolute Gasteiger partial charge is 0.449 e. The number of rotatable bonds is 5. The van der Waals surface area contributed by atoms with Crippen LogP contribution in [0.3, 0.4) is 0 Å². The minimum Gasteiger partial charge on any atom is -0.449 e. The van der Waals surface area contributed by atoms with Crippen LogP contribution in [0.4, 0.5) is 0 Å². The first-order valence-electron chi connectivity index (χ1n) is 8.78. The zero-order valence-electron chi connectivity index (χ0n) is 15.5. The van der Waals surface area contributed by atoms with Gasteiger partial charge in [-0.25, -0.2) is 9.78 Å². The molecule has 2 heterocycles. The summed E-state index contributed by atoms with van der Waals surface area (Å²) in [7, 11) is 0. The zero-order valence-corrected chi connectivity index (χ0v) is 15.5. The van der Waals surface area contributed by atoms with Crippen LogP contribution in [0, 0.1) is 0 Å². The lowest BCUT2D eigenvalue weighted by Gasteiger charge is -2.16. The summed E-state index contributed by atoms with van der Waals surface area (Å²) in [6.45, 7) is 5.25. The lowest BCUT2D eigenvalue weighted by Crippen LogP contribution is -2.39. The van der Waals surface area contributed by atoms with Gasteiger partial charge in [-0.05, 0) is 45.0 Å². The Morgan fingerprint density at radius 1 is 1.00 bits per heavy atom. The van der Waals surface area contributed by atoms with Crippen molar-refractivity contribution in [2.24, 2.45) is 0 Å². The first-order valence-corrected chi connectivity index (χ1v) is 8.78. The number of carbonyl (C=O) groups excluding carboxylic acids is 2.